The Bertz CT molecular complexity index is 693. The highest BCUT2D eigenvalue weighted by Gasteiger charge is 2.33. The Labute approximate surface area is 155 Å². The number of pyridine rings is 1. The predicted molar refractivity (Wildman–Crippen MR) is 101 cm³/mol. The van der Waals surface area contributed by atoms with Gasteiger partial charge in [-0.05, 0) is 36.9 Å². The Morgan fingerprint density at radius 3 is 2.88 bits per heavy atom. The largest absolute Gasteiger partial charge is 0.383 e. The second kappa shape index (κ2) is 8.14. The standard InChI is InChI=1S/C19H29N5O2/c1-19(2,3)13-24-10-5-6-15(24)18-22-17(23-26-18)14-7-8-16(21-12-14)20-9-11-25-4/h7-8,12,15H,5-6,9-11,13H2,1-4H3,(H,20,21). The van der Waals surface area contributed by atoms with Crippen molar-refractivity contribution in [2.24, 2.45) is 5.41 Å². The highest BCUT2D eigenvalue weighted by Crippen LogP contribution is 2.34. The third kappa shape index (κ3) is 4.80. The third-order valence-electron chi connectivity index (χ3n) is 4.40. The first kappa shape index (κ1) is 18.8. The van der Waals surface area contributed by atoms with E-state index in [1.807, 2.05) is 12.1 Å². The van der Waals surface area contributed by atoms with Crippen LogP contribution in [0.5, 0.6) is 0 Å². The van der Waals surface area contributed by atoms with Gasteiger partial charge in [-0.1, -0.05) is 25.9 Å². The molecule has 0 saturated carbocycles. The Morgan fingerprint density at radius 2 is 2.19 bits per heavy atom. The topological polar surface area (TPSA) is 76.3 Å². The van der Waals surface area contributed by atoms with Crippen LogP contribution >= 0.6 is 0 Å². The molecular formula is C19H29N5O2. The molecule has 2 aromatic heterocycles. The Hall–Kier alpha value is -1.99. The first-order chi connectivity index (χ1) is 12.5. The summed E-state index contributed by atoms with van der Waals surface area (Å²) in [6.45, 7) is 10.3. The summed E-state index contributed by atoms with van der Waals surface area (Å²) in [5.41, 5.74) is 1.11. The molecule has 26 heavy (non-hydrogen) atoms. The Kier molecular flexibility index (Phi) is 5.88. The molecule has 1 aliphatic rings. The normalized spacial score (nSPS) is 18.4. The smallest absolute Gasteiger partial charge is 0.244 e. The van der Waals surface area contributed by atoms with Crippen LogP contribution in [0.15, 0.2) is 22.9 Å². The van der Waals surface area contributed by atoms with Crippen LogP contribution in [0, 0.1) is 5.41 Å². The summed E-state index contributed by atoms with van der Waals surface area (Å²) in [7, 11) is 1.68. The summed E-state index contributed by atoms with van der Waals surface area (Å²) in [5.74, 6) is 2.12. The zero-order chi connectivity index (χ0) is 18.6. The van der Waals surface area contributed by atoms with Crippen LogP contribution in [0.4, 0.5) is 5.82 Å². The zero-order valence-corrected chi connectivity index (χ0v) is 16.2. The quantitative estimate of drug-likeness (QED) is 0.760. The van der Waals surface area contributed by atoms with Crippen molar-refractivity contribution in [3.63, 3.8) is 0 Å². The van der Waals surface area contributed by atoms with Crippen LogP contribution in [0.3, 0.4) is 0 Å². The number of likely N-dealkylation sites (tertiary alicyclic amines) is 1. The van der Waals surface area contributed by atoms with Crippen LogP contribution < -0.4 is 5.32 Å². The van der Waals surface area contributed by atoms with Crippen LogP contribution in [-0.2, 0) is 4.74 Å². The van der Waals surface area contributed by atoms with Gasteiger partial charge in [-0.15, -0.1) is 0 Å². The number of nitrogens with zero attached hydrogens (tertiary/aromatic N) is 4. The molecule has 1 aliphatic heterocycles. The van der Waals surface area contributed by atoms with Gasteiger partial charge in [0.1, 0.15) is 5.82 Å². The molecule has 1 saturated heterocycles. The van der Waals surface area contributed by atoms with Crippen LogP contribution in [0.25, 0.3) is 11.4 Å². The molecular weight excluding hydrogens is 330 g/mol. The number of methoxy groups -OCH3 is 1. The highest BCUT2D eigenvalue weighted by atomic mass is 16.5. The van der Waals surface area contributed by atoms with Gasteiger partial charge >= 0.3 is 0 Å². The van der Waals surface area contributed by atoms with Gasteiger partial charge in [0.05, 0.1) is 12.6 Å². The molecule has 0 bridgehead atoms. The van der Waals surface area contributed by atoms with E-state index >= 15 is 0 Å². The van der Waals surface area contributed by atoms with Crippen molar-refractivity contribution in [1.29, 1.82) is 0 Å². The van der Waals surface area contributed by atoms with Gasteiger partial charge < -0.3 is 14.6 Å². The van der Waals surface area contributed by atoms with E-state index < -0.39 is 0 Å². The fraction of sp³-hybridized carbons (Fsp3) is 0.632. The van der Waals surface area contributed by atoms with E-state index in [-0.39, 0.29) is 11.5 Å². The number of hydrogen-bond donors (Lipinski definition) is 1. The number of anilines is 1. The molecule has 7 nitrogen and oxygen atoms in total. The van der Waals surface area contributed by atoms with E-state index in [1.165, 1.54) is 6.42 Å². The van der Waals surface area contributed by atoms with E-state index in [2.05, 4.69) is 46.1 Å². The van der Waals surface area contributed by atoms with E-state index in [0.29, 0.717) is 18.3 Å². The minimum atomic E-state index is 0.221. The minimum absolute atomic E-state index is 0.221. The van der Waals surface area contributed by atoms with E-state index in [0.717, 1.165) is 37.4 Å². The number of ether oxygens (including phenoxy) is 1. The van der Waals surface area contributed by atoms with E-state index in [4.69, 9.17) is 9.26 Å². The third-order valence-corrected chi connectivity index (χ3v) is 4.40. The summed E-state index contributed by atoms with van der Waals surface area (Å²) >= 11 is 0. The maximum Gasteiger partial charge on any atom is 0.244 e. The Balaban J connectivity index is 1.67. The van der Waals surface area contributed by atoms with Gasteiger partial charge in [0, 0.05) is 32.0 Å². The molecule has 7 heteroatoms. The Morgan fingerprint density at radius 1 is 1.35 bits per heavy atom. The molecule has 2 aromatic rings. The van der Waals surface area contributed by atoms with Crippen molar-refractivity contribution in [1.82, 2.24) is 20.0 Å². The number of rotatable bonds is 7. The molecule has 0 amide bonds. The maximum absolute atomic E-state index is 5.59. The van der Waals surface area contributed by atoms with Crippen molar-refractivity contribution in [2.45, 2.75) is 39.7 Å². The van der Waals surface area contributed by atoms with Crippen LogP contribution in [0.2, 0.25) is 0 Å². The highest BCUT2D eigenvalue weighted by molar-refractivity contribution is 5.55. The SMILES string of the molecule is COCCNc1ccc(-c2noc(C3CCCN3CC(C)(C)C)n2)cn1. The van der Waals surface area contributed by atoms with Crippen molar-refractivity contribution < 1.29 is 9.26 Å². The molecule has 142 valence electrons. The summed E-state index contributed by atoms with van der Waals surface area (Å²) in [6.07, 6.45) is 4.01. The van der Waals surface area contributed by atoms with Crippen molar-refractivity contribution in [3.8, 4) is 11.4 Å². The summed E-state index contributed by atoms with van der Waals surface area (Å²) < 4.78 is 10.6. The molecule has 0 aromatic carbocycles. The lowest BCUT2D eigenvalue weighted by atomic mass is 9.96. The second-order valence-electron chi connectivity index (χ2n) is 8.00. The average molecular weight is 359 g/mol. The molecule has 1 atom stereocenters. The molecule has 0 radical (unpaired) electrons. The minimum Gasteiger partial charge on any atom is -0.383 e. The average Bonchev–Trinajstić information content (AvgIpc) is 3.23. The summed E-state index contributed by atoms with van der Waals surface area (Å²) in [6, 6.07) is 4.10. The zero-order valence-electron chi connectivity index (χ0n) is 16.2. The lowest BCUT2D eigenvalue weighted by Crippen LogP contribution is -2.32. The predicted octanol–water partition coefficient (Wildman–Crippen LogP) is 3.37. The van der Waals surface area contributed by atoms with Crippen molar-refractivity contribution in [2.75, 3.05) is 38.7 Å². The molecule has 3 rings (SSSR count). The summed E-state index contributed by atoms with van der Waals surface area (Å²) in [4.78, 5) is 11.5. The molecule has 0 spiro atoms. The lowest BCUT2D eigenvalue weighted by Gasteiger charge is -2.29. The van der Waals surface area contributed by atoms with Gasteiger partial charge in [0.25, 0.3) is 0 Å². The van der Waals surface area contributed by atoms with Gasteiger partial charge in [0.15, 0.2) is 0 Å². The van der Waals surface area contributed by atoms with Gasteiger partial charge in [0.2, 0.25) is 11.7 Å². The van der Waals surface area contributed by atoms with Gasteiger partial charge in [-0.2, -0.15) is 4.98 Å². The molecule has 1 N–H and O–H groups in total. The molecule has 3 heterocycles. The van der Waals surface area contributed by atoms with Crippen molar-refractivity contribution >= 4 is 5.82 Å². The van der Waals surface area contributed by atoms with Gasteiger partial charge in [-0.25, -0.2) is 4.98 Å². The lowest BCUT2D eigenvalue weighted by molar-refractivity contribution is 0.153. The van der Waals surface area contributed by atoms with Crippen molar-refractivity contribution in [3.05, 3.63) is 24.2 Å². The monoisotopic (exact) mass is 359 g/mol. The number of nitrogens with one attached hydrogen (secondary N) is 1. The number of aromatic nitrogens is 3. The first-order valence-electron chi connectivity index (χ1n) is 9.23. The van der Waals surface area contributed by atoms with Gasteiger partial charge in [-0.3, -0.25) is 4.90 Å². The fourth-order valence-corrected chi connectivity index (χ4v) is 3.30. The maximum atomic E-state index is 5.59. The molecule has 1 fully saturated rings. The fourth-order valence-electron chi connectivity index (χ4n) is 3.30. The van der Waals surface area contributed by atoms with E-state index in [9.17, 15) is 0 Å². The molecule has 1 unspecified atom stereocenters. The number of hydrogen-bond acceptors (Lipinski definition) is 7. The first-order valence-corrected chi connectivity index (χ1v) is 9.23. The summed E-state index contributed by atoms with van der Waals surface area (Å²) in [5, 5.41) is 7.37. The van der Waals surface area contributed by atoms with E-state index in [1.54, 1.807) is 13.3 Å². The van der Waals surface area contributed by atoms with Crippen LogP contribution in [0.1, 0.15) is 45.5 Å². The van der Waals surface area contributed by atoms with Crippen LogP contribution in [-0.4, -0.2) is 53.4 Å². The second-order valence-corrected chi connectivity index (χ2v) is 8.00. The molecule has 0 aliphatic carbocycles.